The van der Waals surface area contributed by atoms with E-state index in [1.165, 1.54) is 0 Å². The summed E-state index contributed by atoms with van der Waals surface area (Å²) in [6.07, 6.45) is 0.473. The second-order valence-electron chi connectivity index (χ2n) is 3.84. The Labute approximate surface area is 97.7 Å². The van der Waals surface area contributed by atoms with Crippen molar-refractivity contribution >= 4 is 5.69 Å². The second kappa shape index (κ2) is 6.38. The zero-order valence-electron chi connectivity index (χ0n) is 10.3. The summed E-state index contributed by atoms with van der Waals surface area (Å²) in [4.78, 5) is 2.03. The number of aliphatic hydroxyl groups excluding tert-OH is 1. The van der Waals surface area contributed by atoms with Gasteiger partial charge in [0.25, 0.3) is 0 Å². The minimum Gasteiger partial charge on any atom is -0.492 e. The molecule has 90 valence electrons. The number of ether oxygens (including phenoxy) is 1. The molecule has 0 bridgehead atoms. The van der Waals surface area contributed by atoms with E-state index in [-0.39, 0.29) is 6.10 Å². The van der Waals surface area contributed by atoms with Crippen LogP contribution in [0, 0.1) is 0 Å². The monoisotopic (exact) mass is 223 g/mol. The third-order valence-corrected chi connectivity index (χ3v) is 2.53. The molecule has 3 nitrogen and oxygen atoms in total. The highest BCUT2D eigenvalue weighted by molar-refractivity contribution is 5.57. The molecule has 3 heteroatoms. The Morgan fingerprint density at radius 3 is 2.62 bits per heavy atom. The molecule has 1 rings (SSSR count). The van der Waals surface area contributed by atoms with Gasteiger partial charge in [-0.1, -0.05) is 19.1 Å². The Morgan fingerprint density at radius 1 is 1.31 bits per heavy atom. The first-order valence-corrected chi connectivity index (χ1v) is 5.80. The standard InChI is InChI=1S/C13H21NO2/c1-4-11(15)10-14(3)12-8-6-7-9-13(12)16-5-2/h6-9,11,15H,4-5,10H2,1-3H3/t11-/m1/s1. The maximum atomic E-state index is 9.63. The fraction of sp³-hybridized carbons (Fsp3) is 0.538. The van der Waals surface area contributed by atoms with Crippen LogP contribution in [-0.2, 0) is 0 Å². The third kappa shape index (κ3) is 3.42. The van der Waals surface area contributed by atoms with Gasteiger partial charge in [-0.3, -0.25) is 0 Å². The fourth-order valence-corrected chi connectivity index (χ4v) is 1.59. The molecular formula is C13H21NO2. The Hall–Kier alpha value is -1.22. The van der Waals surface area contributed by atoms with Gasteiger partial charge >= 0.3 is 0 Å². The summed E-state index contributed by atoms with van der Waals surface area (Å²) < 4.78 is 5.55. The van der Waals surface area contributed by atoms with Crippen molar-refractivity contribution in [3.8, 4) is 5.75 Å². The third-order valence-electron chi connectivity index (χ3n) is 2.53. The van der Waals surface area contributed by atoms with Gasteiger partial charge in [-0.05, 0) is 25.5 Å². The van der Waals surface area contributed by atoms with Crippen molar-refractivity contribution in [2.75, 3.05) is 25.1 Å². The van der Waals surface area contributed by atoms with Gasteiger partial charge in [0, 0.05) is 13.6 Å². The highest BCUT2D eigenvalue weighted by atomic mass is 16.5. The highest BCUT2D eigenvalue weighted by Gasteiger charge is 2.10. The van der Waals surface area contributed by atoms with Crippen LogP contribution in [0.5, 0.6) is 5.75 Å². The summed E-state index contributed by atoms with van der Waals surface area (Å²) in [6.45, 7) is 5.23. The molecule has 0 aliphatic heterocycles. The minimum atomic E-state index is -0.292. The van der Waals surface area contributed by atoms with Crippen molar-refractivity contribution < 1.29 is 9.84 Å². The van der Waals surface area contributed by atoms with E-state index in [0.717, 1.165) is 17.9 Å². The molecule has 1 aromatic carbocycles. The highest BCUT2D eigenvalue weighted by Crippen LogP contribution is 2.27. The number of aliphatic hydroxyl groups is 1. The minimum absolute atomic E-state index is 0.292. The smallest absolute Gasteiger partial charge is 0.142 e. The Bertz CT molecular complexity index is 315. The second-order valence-corrected chi connectivity index (χ2v) is 3.84. The van der Waals surface area contributed by atoms with E-state index in [2.05, 4.69) is 0 Å². The van der Waals surface area contributed by atoms with Crippen molar-refractivity contribution in [2.24, 2.45) is 0 Å². The quantitative estimate of drug-likeness (QED) is 0.803. The van der Waals surface area contributed by atoms with Gasteiger partial charge in [-0.25, -0.2) is 0 Å². The number of rotatable bonds is 6. The van der Waals surface area contributed by atoms with E-state index in [1.807, 2.05) is 50.1 Å². The molecule has 0 saturated carbocycles. The molecule has 0 saturated heterocycles. The molecule has 0 fully saturated rings. The lowest BCUT2D eigenvalue weighted by Crippen LogP contribution is -2.28. The van der Waals surface area contributed by atoms with Crippen molar-refractivity contribution in [3.05, 3.63) is 24.3 Å². The summed E-state index contributed by atoms with van der Waals surface area (Å²) in [5.74, 6) is 0.871. The van der Waals surface area contributed by atoms with Crippen LogP contribution in [0.1, 0.15) is 20.3 Å². The van der Waals surface area contributed by atoms with Gasteiger partial charge in [0.05, 0.1) is 18.4 Å². The van der Waals surface area contributed by atoms with Gasteiger partial charge in [-0.2, -0.15) is 0 Å². The molecule has 0 heterocycles. The first-order chi connectivity index (χ1) is 7.69. The number of hydrogen-bond donors (Lipinski definition) is 1. The first kappa shape index (κ1) is 12.8. The molecule has 0 amide bonds. The van der Waals surface area contributed by atoms with E-state index in [4.69, 9.17) is 4.74 Å². The van der Waals surface area contributed by atoms with Gasteiger partial charge in [0.15, 0.2) is 0 Å². The average molecular weight is 223 g/mol. The summed E-state index contributed by atoms with van der Waals surface area (Å²) in [5, 5.41) is 9.63. The molecule has 1 aromatic rings. The first-order valence-electron chi connectivity index (χ1n) is 5.80. The molecule has 0 radical (unpaired) electrons. The van der Waals surface area contributed by atoms with Crippen molar-refractivity contribution in [1.82, 2.24) is 0 Å². The average Bonchev–Trinajstić information content (AvgIpc) is 2.30. The SMILES string of the molecule is CCOc1ccccc1N(C)C[C@H](O)CC. The van der Waals surface area contributed by atoms with Crippen LogP contribution in [0.2, 0.25) is 0 Å². The summed E-state index contributed by atoms with van der Waals surface area (Å²) in [6, 6.07) is 7.90. The molecule has 0 aliphatic carbocycles. The molecule has 0 aromatic heterocycles. The molecule has 0 spiro atoms. The maximum Gasteiger partial charge on any atom is 0.142 e. The van der Waals surface area contributed by atoms with E-state index < -0.39 is 0 Å². The molecule has 1 N–H and O–H groups in total. The van der Waals surface area contributed by atoms with E-state index >= 15 is 0 Å². The van der Waals surface area contributed by atoms with Gasteiger partial charge in [-0.15, -0.1) is 0 Å². The van der Waals surface area contributed by atoms with Crippen molar-refractivity contribution in [2.45, 2.75) is 26.4 Å². The van der Waals surface area contributed by atoms with E-state index in [1.54, 1.807) is 0 Å². The lowest BCUT2D eigenvalue weighted by Gasteiger charge is -2.24. The molecule has 16 heavy (non-hydrogen) atoms. The Morgan fingerprint density at radius 2 is 2.00 bits per heavy atom. The maximum absolute atomic E-state index is 9.63. The number of hydrogen-bond acceptors (Lipinski definition) is 3. The summed E-state index contributed by atoms with van der Waals surface area (Å²) in [5.41, 5.74) is 1.02. The van der Waals surface area contributed by atoms with Gasteiger partial charge < -0.3 is 14.7 Å². The Balaban J connectivity index is 2.77. The van der Waals surface area contributed by atoms with Crippen molar-refractivity contribution in [1.29, 1.82) is 0 Å². The van der Waals surface area contributed by atoms with Crippen LogP contribution in [0.3, 0.4) is 0 Å². The topological polar surface area (TPSA) is 32.7 Å². The lowest BCUT2D eigenvalue weighted by atomic mass is 10.2. The largest absolute Gasteiger partial charge is 0.492 e. The number of anilines is 1. The molecule has 0 aliphatic rings. The molecule has 1 atom stereocenters. The molecule has 0 unspecified atom stereocenters. The number of likely N-dealkylation sites (N-methyl/N-ethyl adjacent to an activating group) is 1. The van der Waals surface area contributed by atoms with E-state index in [9.17, 15) is 5.11 Å². The van der Waals surface area contributed by atoms with Crippen molar-refractivity contribution in [3.63, 3.8) is 0 Å². The summed E-state index contributed by atoms with van der Waals surface area (Å²) in [7, 11) is 1.97. The molecular weight excluding hydrogens is 202 g/mol. The summed E-state index contributed by atoms with van der Waals surface area (Å²) >= 11 is 0. The van der Waals surface area contributed by atoms with Crippen LogP contribution >= 0.6 is 0 Å². The van der Waals surface area contributed by atoms with Gasteiger partial charge in [0.2, 0.25) is 0 Å². The van der Waals surface area contributed by atoms with Gasteiger partial charge in [0.1, 0.15) is 5.75 Å². The number of benzene rings is 1. The van der Waals surface area contributed by atoms with E-state index in [0.29, 0.717) is 13.2 Å². The number of nitrogens with zero attached hydrogens (tertiary/aromatic N) is 1. The zero-order chi connectivity index (χ0) is 12.0. The van der Waals surface area contributed by atoms with Crippen LogP contribution in [-0.4, -0.2) is 31.4 Å². The number of para-hydroxylation sites is 2. The lowest BCUT2D eigenvalue weighted by molar-refractivity contribution is 0.177. The van der Waals surface area contributed by atoms with Crippen LogP contribution in [0.4, 0.5) is 5.69 Å². The van der Waals surface area contributed by atoms with Crippen LogP contribution in [0.15, 0.2) is 24.3 Å². The predicted octanol–water partition coefficient (Wildman–Crippen LogP) is 2.29. The fourth-order valence-electron chi connectivity index (χ4n) is 1.59. The normalized spacial score (nSPS) is 12.2. The van der Waals surface area contributed by atoms with Crippen LogP contribution < -0.4 is 9.64 Å². The Kier molecular flexibility index (Phi) is 5.12. The zero-order valence-corrected chi connectivity index (χ0v) is 10.3. The predicted molar refractivity (Wildman–Crippen MR) is 67.2 cm³/mol. The van der Waals surface area contributed by atoms with Crippen LogP contribution in [0.25, 0.3) is 0 Å².